The van der Waals surface area contributed by atoms with E-state index in [1.807, 2.05) is 12.1 Å². The molecule has 102 valence electrons. The molecule has 1 aliphatic rings. The van der Waals surface area contributed by atoms with E-state index in [0.29, 0.717) is 5.92 Å². The molecule has 0 radical (unpaired) electrons. The van der Waals surface area contributed by atoms with E-state index in [4.69, 9.17) is 10.2 Å². The van der Waals surface area contributed by atoms with Crippen LogP contribution in [-0.2, 0) is 6.54 Å². The zero-order valence-corrected chi connectivity index (χ0v) is 11.7. The average molecular weight is 277 g/mol. The first-order valence-corrected chi connectivity index (χ1v) is 7.64. The minimum atomic E-state index is 0.713. The maximum absolute atomic E-state index is 5.72. The van der Waals surface area contributed by atoms with Gasteiger partial charge in [0, 0.05) is 11.9 Å². The van der Waals surface area contributed by atoms with Gasteiger partial charge in [0.05, 0.1) is 12.0 Å². The number of nitrogens with zero attached hydrogens (tertiary/aromatic N) is 2. The fraction of sp³-hybridized carbons (Fsp3) is 0.500. The van der Waals surface area contributed by atoms with Crippen LogP contribution in [0.3, 0.4) is 0 Å². The molecule has 0 aromatic carbocycles. The molecule has 1 saturated heterocycles. The lowest BCUT2D eigenvalue weighted by molar-refractivity contribution is 0.179. The molecular weight excluding hydrogens is 258 g/mol. The summed E-state index contributed by atoms with van der Waals surface area (Å²) in [6, 6.07) is 3.85. The number of piperidine rings is 1. The highest BCUT2D eigenvalue weighted by Crippen LogP contribution is 2.25. The van der Waals surface area contributed by atoms with Crippen molar-refractivity contribution in [2.24, 2.45) is 11.7 Å². The number of hydrogen-bond acceptors (Lipinski definition) is 5. The first-order valence-electron chi connectivity index (χ1n) is 6.76. The molecule has 1 fully saturated rings. The molecule has 3 heterocycles. The third-order valence-electron chi connectivity index (χ3n) is 3.71. The quantitative estimate of drug-likeness (QED) is 0.933. The maximum atomic E-state index is 5.72. The highest BCUT2D eigenvalue weighted by Gasteiger charge is 2.19. The smallest absolute Gasteiger partial charge is 0.162 e. The molecule has 0 spiro atoms. The van der Waals surface area contributed by atoms with Crippen LogP contribution < -0.4 is 5.73 Å². The zero-order chi connectivity index (χ0) is 13.1. The van der Waals surface area contributed by atoms with Crippen LogP contribution in [0.25, 0.3) is 10.8 Å². The van der Waals surface area contributed by atoms with Gasteiger partial charge in [-0.05, 0) is 50.5 Å². The number of thiazole rings is 1. The van der Waals surface area contributed by atoms with Gasteiger partial charge in [-0.25, -0.2) is 4.98 Å². The van der Waals surface area contributed by atoms with E-state index in [2.05, 4.69) is 15.3 Å². The zero-order valence-electron chi connectivity index (χ0n) is 10.9. The number of likely N-dealkylation sites (tertiary alicyclic amines) is 1. The van der Waals surface area contributed by atoms with Crippen LogP contribution in [0.15, 0.2) is 28.2 Å². The molecule has 4 nitrogen and oxygen atoms in total. The maximum Gasteiger partial charge on any atom is 0.162 e. The fourth-order valence-corrected chi connectivity index (χ4v) is 3.28. The standard InChI is InChI=1S/C14H19N3OS/c15-8-11-3-5-17(6-4-11)9-12-10-19-14(16-12)13-2-1-7-18-13/h1-2,7,10-11H,3-6,8-9,15H2. The summed E-state index contributed by atoms with van der Waals surface area (Å²) >= 11 is 1.65. The molecule has 0 atom stereocenters. The summed E-state index contributed by atoms with van der Waals surface area (Å²) in [5.74, 6) is 1.57. The van der Waals surface area contributed by atoms with E-state index in [1.54, 1.807) is 17.6 Å². The lowest BCUT2D eigenvalue weighted by atomic mass is 9.97. The molecule has 0 unspecified atom stereocenters. The van der Waals surface area contributed by atoms with E-state index in [-0.39, 0.29) is 0 Å². The summed E-state index contributed by atoms with van der Waals surface area (Å²) < 4.78 is 5.37. The van der Waals surface area contributed by atoms with Gasteiger partial charge in [0.1, 0.15) is 0 Å². The van der Waals surface area contributed by atoms with Crippen LogP contribution >= 0.6 is 11.3 Å². The minimum Gasteiger partial charge on any atom is -0.462 e. The number of rotatable bonds is 4. The van der Waals surface area contributed by atoms with E-state index in [0.717, 1.165) is 42.6 Å². The van der Waals surface area contributed by atoms with Crippen molar-refractivity contribution in [1.82, 2.24) is 9.88 Å². The van der Waals surface area contributed by atoms with Crippen LogP contribution in [0.2, 0.25) is 0 Å². The third-order valence-corrected chi connectivity index (χ3v) is 4.62. The largest absolute Gasteiger partial charge is 0.462 e. The number of furan rings is 1. The first-order chi connectivity index (χ1) is 9.35. The molecular formula is C14H19N3OS. The Labute approximate surface area is 117 Å². The second kappa shape index (κ2) is 5.86. The highest BCUT2D eigenvalue weighted by molar-refractivity contribution is 7.13. The molecule has 0 aliphatic carbocycles. The molecule has 3 rings (SSSR count). The monoisotopic (exact) mass is 277 g/mol. The van der Waals surface area contributed by atoms with E-state index in [1.165, 1.54) is 12.8 Å². The number of hydrogen-bond donors (Lipinski definition) is 1. The van der Waals surface area contributed by atoms with Gasteiger partial charge in [-0.3, -0.25) is 4.90 Å². The van der Waals surface area contributed by atoms with Gasteiger partial charge in [-0.1, -0.05) is 0 Å². The van der Waals surface area contributed by atoms with Crippen molar-refractivity contribution in [2.75, 3.05) is 19.6 Å². The summed E-state index contributed by atoms with van der Waals surface area (Å²) in [4.78, 5) is 7.11. The second-order valence-electron chi connectivity index (χ2n) is 5.08. The lowest BCUT2D eigenvalue weighted by Crippen LogP contribution is -2.35. The molecule has 5 heteroatoms. The lowest BCUT2D eigenvalue weighted by Gasteiger charge is -2.30. The molecule has 2 aromatic heterocycles. The minimum absolute atomic E-state index is 0.713. The van der Waals surface area contributed by atoms with Crippen LogP contribution in [0.1, 0.15) is 18.5 Å². The summed E-state index contributed by atoms with van der Waals surface area (Å²) in [5.41, 5.74) is 6.86. The van der Waals surface area contributed by atoms with Crippen molar-refractivity contribution < 1.29 is 4.42 Å². The Morgan fingerprint density at radius 3 is 2.95 bits per heavy atom. The third kappa shape index (κ3) is 3.05. The van der Waals surface area contributed by atoms with Crippen LogP contribution in [-0.4, -0.2) is 29.5 Å². The van der Waals surface area contributed by atoms with Gasteiger partial charge in [-0.15, -0.1) is 11.3 Å². The Bertz CT molecular complexity index is 501. The van der Waals surface area contributed by atoms with Crippen LogP contribution in [0, 0.1) is 5.92 Å². The van der Waals surface area contributed by atoms with Gasteiger partial charge >= 0.3 is 0 Å². The van der Waals surface area contributed by atoms with Gasteiger partial charge in [0.25, 0.3) is 0 Å². The van der Waals surface area contributed by atoms with Crippen LogP contribution in [0.5, 0.6) is 0 Å². The van der Waals surface area contributed by atoms with Crippen molar-refractivity contribution in [3.8, 4) is 10.8 Å². The second-order valence-corrected chi connectivity index (χ2v) is 5.93. The Hall–Kier alpha value is -1.17. The molecule has 0 saturated carbocycles. The molecule has 19 heavy (non-hydrogen) atoms. The summed E-state index contributed by atoms with van der Waals surface area (Å²) in [5, 5.41) is 3.10. The van der Waals surface area contributed by atoms with E-state index in [9.17, 15) is 0 Å². The predicted octanol–water partition coefficient (Wildman–Crippen LogP) is 2.57. The van der Waals surface area contributed by atoms with Gasteiger partial charge in [0.2, 0.25) is 0 Å². The van der Waals surface area contributed by atoms with Crippen molar-refractivity contribution in [3.63, 3.8) is 0 Å². The van der Waals surface area contributed by atoms with E-state index >= 15 is 0 Å². The average Bonchev–Trinajstić information content (AvgIpc) is 3.10. The summed E-state index contributed by atoms with van der Waals surface area (Å²) in [6.45, 7) is 4.03. The molecule has 1 aliphatic heterocycles. The predicted molar refractivity (Wildman–Crippen MR) is 76.9 cm³/mol. The fourth-order valence-electron chi connectivity index (χ4n) is 2.50. The molecule has 0 amide bonds. The molecule has 0 bridgehead atoms. The normalized spacial score (nSPS) is 17.9. The van der Waals surface area contributed by atoms with Crippen molar-refractivity contribution in [1.29, 1.82) is 0 Å². The Morgan fingerprint density at radius 1 is 1.42 bits per heavy atom. The van der Waals surface area contributed by atoms with Crippen molar-refractivity contribution >= 4 is 11.3 Å². The van der Waals surface area contributed by atoms with E-state index < -0.39 is 0 Å². The molecule has 2 N–H and O–H groups in total. The topological polar surface area (TPSA) is 55.3 Å². The Morgan fingerprint density at radius 2 is 2.26 bits per heavy atom. The van der Waals surface area contributed by atoms with Crippen LogP contribution in [0.4, 0.5) is 0 Å². The first kappa shape index (κ1) is 12.8. The Kier molecular flexibility index (Phi) is 3.96. The summed E-state index contributed by atoms with van der Waals surface area (Å²) in [6.07, 6.45) is 4.12. The van der Waals surface area contributed by atoms with Gasteiger partial charge < -0.3 is 10.2 Å². The molecule has 2 aromatic rings. The van der Waals surface area contributed by atoms with Gasteiger partial charge in [-0.2, -0.15) is 0 Å². The van der Waals surface area contributed by atoms with Crippen molar-refractivity contribution in [3.05, 3.63) is 29.5 Å². The van der Waals surface area contributed by atoms with Crippen molar-refractivity contribution in [2.45, 2.75) is 19.4 Å². The highest BCUT2D eigenvalue weighted by atomic mass is 32.1. The van der Waals surface area contributed by atoms with Gasteiger partial charge in [0.15, 0.2) is 10.8 Å². The SMILES string of the molecule is NCC1CCN(Cc2csc(-c3ccco3)n2)CC1. The number of aromatic nitrogens is 1. The summed E-state index contributed by atoms with van der Waals surface area (Å²) in [7, 11) is 0. The number of nitrogens with two attached hydrogens (primary N) is 1. The Balaban J connectivity index is 1.59.